The molecule has 2 aromatic carbocycles. The van der Waals surface area contributed by atoms with Crippen molar-refractivity contribution in [2.24, 2.45) is 11.3 Å². The third-order valence-electron chi connectivity index (χ3n) is 8.41. The van der Waals surface area contributed by atoms with Gasteiger partial charge in [0.05, 0.1) is 41.4 Å². The molecule has 1 heterocycles. The van der Waals surface area contributed by atoms with Gasteiger partial charge in [-0.2, -0.15) is 0 Å². The first-order valence-electron chi connectivity index (χ1n) is 16.5. The molecule has 1 aromatic heterocycles. The van der Waals surface area contributed by atoms with Gasteiger partial charge in [-0.05, 0) is 49.3 Å². The van der Waals surface area contributed by atoms with E-state index in [9.17, 15) is 29.4 Å². The molecule has 5 atom stereocenters. The van der Waals surface area contributed by atoms with Crippen LogP contribution in [0.4, 0.5) is 0 Å². The second kappa shape index (κ2) is 17.7. The molecule has 0 saturated carbocycles. The van der Waals surface area contributed by atoms with Gasteiger partial charge in [0.2, 0.25) is 17.7 Å². The van der Waals surface area contributed by atoms with E-state index in [-0.39, 0.29) is 37.0 Å². The largest absolute Gasteiger partial charge is 0.391 e. The van der Waals surface area contributed by atoms with Gasteiger partial charge in [-0.3, -0.25) is 24.2 Å². The number of nitrogens with zero attached hydrogens (tertiary/aromatic N) is 2. The molecule has 4 amide bonds. The highest BCUT2D eigenvalue weighted by Crippen LogP contribution is 2.29. The van der Waals surface area contributed by atoms with Crippen molar-refractivity contribution in [1.29, 1.82) is 0 Å². The molecular formula is C36H50N6O6. The SMILES string of the molecule is CCC(CC)NC(=O)C[C@@H](C(=O)NC[C@@H](O)[C@H](Cc1ccccc1)NC(=O)[C@@H](NC(=O)c1cnc2ccccc2n1)[C@@H](C)O)C(C)(C)C. The van der Waals surface area contributed by atoms with E-state index in [0.29, 0.717) is 11.0 Å². The molecule has 12 heteroatoms. The number of aromatic nitrogens is 2. The van der Waals surface area contributed by atoms with Crippen LogP contribution in [-0.2, 0) is 20.8 Å². The number of hydrogen-bond acceptors (Lipinski definition) is 8. The maximum atomic E-state index is 13.5. The van der Waals surface area contributed by atoms with Crippen molar-refractivity contribution in [2.75, 3.05) is 6.54 Å². The Morgan fingerprint density at radius 1 is 0.833 bits per heavy atom. The molecule has 0 radical (unpaired) electrons. The minimum atomic E-state index is -1.38. The summed E-state index contributed by atoms with van der Waals surface area (Å²) in [4.78, 5) is 61.4. The van der Waals surface area contributed by atoms with Crippen LogP contribution >= 0.6 is 0 Å². The van der Waals surface area contributed by atoms with Gasteiger partial charge < -0.3 is 31.5 Å². The third kappa shape index (κ3) is 11.1. The lowest BCUT2D eigenvalue weighted by molar-refractivity contribution is -0.134. The number of para-hydroxylation sites is 2. The maximum Gasteiger partial charge on any atom is 0.272 e. The number of amides is 4. The van der Waals surface area contributed by atoms with Crippen molar-refractivity contribution in [2.45, 2.75) is 97.6 Å². The molecule has 3 aromatic rings. The van der Waals surface area contributed by atoms with Crippen LogP contribution in [0.5, 0.6) is 0 Å². The molecule has 0 aliphatic heterocycles. The fourth-order valence-corrected chi connectivity index (χ4v) is 5.34. The standard InChI is InChI=1S/C36H50N6O6/c1-7-24(8-2)39-31(45)19-25(36(4,5)6)33(46)38-21-30(44)28(18-23-14-10-9-11-15-23)41-35(48)32(22(3)43)42-34(47)29-20-37-26-16-12-13-17-27(26)40-29/h9-17,20,22,24-25,28,30,32,43-44H,7-8,18-19,21H2,1-6H3,(H,38,46)(H,39,45)(H,41,48)(H,42,47)/t22-,25+,28+,30-,32+/m1/s1. The summed E-state index contributed by atoms with van der Waals surface area (Å²) >= 11 is 0. The zero-order valence-corrected chi connectivity index (χ0v) is 28.7. The van der Waals surface area contributed by atoms with E-state index in [1.165, 1.54) is 13.1 Å². The highest BCUT2D eigenvalue weighted by molar-refractivity contribution is 5.97. The van der Waals surface area contributed by atoms with Gasteiger partial charge in [0.25, 0.3) is 5.91 Å². The lowest BCUT2D eigenvalue weighted by Crippen LogP contribution is -2.58. The highest BCUT2D eigenvalue weighted by atomic mass is 16.3. The average molecular weight is 663 g/mol. The second-order valence-electron chi connectivity index (χ2n) is 13.3. The summed E-state index contributed by atoms with van der Waals surface area (Å²) < 4.78 is 0. The van der Waals surface area contributed by atoms with E-state index >= 15 is 0 Å². The minimum Gasteiger partial charge on any atom is -0.391 e. The van der Waals surface area contributed by atoms with Gasteiger partial charge in [0.1, 0.15) is 11.7 Å². The van der Waals surface area contributed by atoms with E-state index in [4.69, 9.17) is 0 Å². The molecule has 3 rings (SSSR count). The molecule has 12 nitrogen and oxygen atoms in total. The van der Waals surface area contributed by atoms with Gasteiger partial charge in [-0.1, -0.05) is 77.1 Å². The zero-order chi connectivity index (χ0) is 35.4. The number of aliphatic hydroxyl groups is 2. The molecular weight excluding hydrogens is 612 g/mol. The Balaban J connectivity index is 1.74. The van der Waals surface area contributed by atoms with Crippen LogP contribution in [0.2, 0.25) is 0 Å². The molecule has 0 aliphatic carbocycles. The van der Waals surface area contributed by atoms with Crippen LogP contribution in [0.15, 0.2) is 60.8 Å². The second-order valence-corrected chi connectivity index (χ2v) is 13.3. The van der Waals surface area contributed by atoms with Crippen LogP contribution < -0.4 is 21.3 Å². The first-order valence-corrected chi connectivity index (χ1v) is 16.5. The van der Waals surface area contributed by atoms with Gasteiger partial charge >= 0.3 is 0 Å². The third-order valence-corrected chi connectivity index (χ3v) is 8.41. The summed E-state index contributed by atoms with van der Waals surface area (Å²) in [6, 6.07) is 13.9. The number of carbonyl (C=O) groups excluding carboxylic acids is 4. The molecule has 0 spiro atoms. The monoisotopic (exact) mass is 662 g/mol. The molecule has 260 valence electrons. The average Bonchev–Trinajstić information content (AvgIpc) is 3.06. The van der Waals surface area contributed by atoms with Crippen LogP contribution in [0, 0.1) is 11.3 Å². The number of carbonyl (C=O) groups is 4. The predicted octanol–water partition coefficient (Wildman–Crippen LogP) is 2.67. The molecule has 0 saturated heterocycles. The Hall–Kier alpha value is -4.42. The van der Waals surface area contributed by atoms with E-state index in [1.807, 2.05) is 65.0 Å². The summed E-state index contributed by atoms with van der Waals surface area (Å²) in [5, 5.41) is 32.9. The molecule has 0 fully saturated rings. The highest BCUT2D eigenvalue weighted by Gasteiger charge is 2.35. The Morgan fingerprint density at radius 3 is 2.06 bits per heavy atom. The first kappa shape index (κ1) is 38.0. The van der Waals surface area contributed by atoms with E-state index < -0.39 is 53.3 Å². The van der Waals surface area contributed by atoms with Crippen molar-refractivity contribution >= 4 is 34.7 Å². The van der Waals surface area contributed by atoms with E-state index in [2.05, 4.69) is 31.2 Å². The number of hydrogen-bond donors (Lipinski definition) is 6. The van der Waals surface area contributed by atoms with Crippen molar-refractivity contribution in [3.63, 3.8) is 0 Å². The predicted molar refractivity (Wildman–Crippen MR) is 184 cm³/mol. The molecule has 0 unspecified atom stereocenters. The van der Waals surface area contributed by atoms with Crippen LogP contribution in [0.25, 0.3) is 11.0 Å². The molecule has 48 heavy (non-hydrogen) atoms. The molecule has 0 bridgehead atoms. The number of nitrogens with one attached hydrogen (secondary N) is 4. The van der Waals surface area contributed by atoms with Gasteiger partial charge in [-0.25, -0.2) is 4.98 Å². The summed E-state index contributed by atoms with van der Waals surface area (Å²) in [5.41, 5.74) is 1.33. The Kier molecular flexibility index (Phi) is 14.0. The minimum absolute atomic E-state index is 0.0105. The zero-order valence-electron chi connectivity index (χ0n) is 28.7. The number of rotatable bonds is 16. The molecule has 0 aliphatic rings. The summed E-state index contributed by atoms with van der Waals surface area (Å²) in [5.74, 6) is -2.72. The van der Waals surface area contributed by atoms with E-state index in [1.54, 1.807) is 24.3 Å². The smallest absolute Gasteiger partial charge is 0.272 e. The summed E-state index contributed by atoms with van der Waals surface area (Å²) in [7, 11) is 0. The normalized spacial score (nSPS) is 14.8. The quantitative estimate of drug-likeness (QED) is 0.135. The van der Waals surface area contributed by atoms with Gasteiger partial charge in [-0.15, -0.1) is 0 Å². The Morgan fingerprint density at radius 2 is 1.46 bits per heavy atom. The number of fused-ring (bicyclic) bond motifs is 1. The Bertz CT molecular complexity index is 1520. The van der Waals surface area contributed by atoms with E-state index in [0.717, 1.165) is 18.4 Å². The topological polar surface area (TPSA) is 183 Å². The van der Waals surface area contributed by atoms with Crippen molar-refractivity contribution < 1.29 is 29.4 Å². The summed E-state index contributed by atoms with van der Waals surface area (Å²) in [6.45, 7) is 10.8. The fraction of sp³-hybridized carbons (Fsp3) is 0.500. The van der Waals surface area contributed by atoms with Gasteiger partial charge in [0, 0.05) is 19.0 Å². The van der Waals surface area contributed by atoms with Crippen molar-refractivity contribution in [1.82, 2.24) is 31.2 Å². The maximum absolute atomic E-state index is 13.5. The lowest BCUT2D eigenvalue weighted by Gasteiger charge is -2.31. The number of aliphatic hydroxyl groups excluding tert-OH is 2. The lowest BCUT2D eigenvalue weighted by atomic mass is 9.78. The van der Waals surface area contributed by atoms with Crippen LogP contribution in [0.3, 0.4) is 0 Å². The fourth-order valence-electron chi connectivity index (χ4n) is 5.34. The first-order chi connectivity index (χ1) is 22.7. The molecule has 6 N–H and O–H groups in total. The number of benzene rings is 2. The Labute approximate surface area is 282 Å². The van der Waals surface area contributed by atoms with Gasteiger partial charge in [0.15, 0.2) is 0 Å². The van der Waals surface area contributed by atoms with Crippen LogP contribution in [-0.4, -0.2) is 80.7 Å². The summed E-state index contributed by atoms with van der Waals surface area (Å²) in [6.07, 6.45) is 0.493. The van der Waals surface area contributed by atoms with Crippen molar-refractivity contribution in [3.05, 3.63) is 72.1 Å². The van der Waals surface area contributed by atoms with Crippen molar-refractivity contribution in [3.8, 4) is 0 Å². The van der Waals surface area contributed by atoms with Crippen LogP contribution in [0.1, 0.15) is 76.9 Å².